The van der Waals surface area contributed by atoms with Crippen molar-refractivity contribution in [2.45, 2.75) is 32.0 Å². The van der Waals surface area contributed by atoms with Crippen molar-refractivity contribution < 1.29 is 13.9 Å². The number of anilines is 1. The van der Waals surface area contributed by atoms with Crippen molar-refractivity contribution in [2.24, 2.45) is 0 Å². The summed E-state index contributed by atoms with van der Waals surface area (Å²) in [5.41, 5.74) is 4.69. The molecule has 4 aromatic heterocycles. The molecule has 6 rings (SSSR count). The number of aliphatic hydroxyl groups is 1. The number of nitrogens with one attached hydrogen (secondary N) is 2. The van der Waals surface area contributed by atoms with Crippen LogP contribution in [0.1, 0.15) is 17.4 Å². The lowest BCUT2D eigenvalue weighted by Crippen LogP contribution is -2.21. The molecule has 0 spiro atoms. The van der Waals surface area contributed by atoms with E-state index in [2.05, 4.69) is 36.2 Å². The zero-order valence-electron chi connectivity index (χ0n) is 22.4. The fourth-order valence-electron chi connectivity index (χ4n) is 4.79. The van der Waals surface area contributed by atoms with E-state index in [0.29, 0.717) is 48.0 Å². The molecule has 1 aliphatic rings. The second-order valence-corrected chi connectivity index (χ2v) is 9.73. The van der Waals surface area contributed by atoms with Crippen LogP contribution in [0.4, 0.5) is 10.2 Å². The molecule has 0 amide bonds. The van der Waals surface area contributed by atoms with E-state index >= 15 is 0 Å². The number of pyridine rings is 2. The Labute approximate surface area is 236 Å². The molecule has 1 aliphatic carbocycles. The first kappa shape index (κ1) is 26.5. The average Bonchev–Trinajstić information content (AvgIpc) is 3.49. The van der Waals surface area contributed by atoms with E-state index in [-0.39, 0.29) is 12.4 Å². The zero-order chi connectivity index (χ0) is 28.0. The van der Waals surface area contributed by atoms with Crippen LogP contribution in [-0.2, 0) is 25.9 Å². The van der Waals surface area contributed by atoms with Gasteiger partial charge in [-0.05, 0) is 29.8 Å². The lowest BCUT2D eigenvalue weighted by molar-refractivity contribution is 0.272. The number of aliphatic hydroxyl groups excluding tert-OH is 1. The highest BCUT2D eigenvalue weighted by Gasteiger charge is 2.14. The van der Waals surface area contributed by atoms with Crippen molar-refractivity contribution in [1.29, 1.82) is 0 Å². The third-order valence-corrected chi connectivity index (χ3v) is 6.85. The van der Waals surface area contributed by atoms with Gasteiger partial charge in [0.05, 0.1) is 29.4 Å². The van der Waals surface area contributed by atoms with Crippen molar-refractivity contribution in [3.05, 3.63) is 114 Å². The van der Waals surface area contributed by atoms with Crippen LogP contribution in [0, 0.1) is 5.82 Å². The van der Waals surface area contributed by atoms with Gasteiger partial charge < -0.3 is 24.7 Å². The molecule has 208 valence electrons. The van der Waals surface area contributed by atoms with E-state index in [1.807, 2.05) is 36.4 Å². The van der Waals surface area contributed by atoms with Crippen LogP contribution in [-0.4, -0.2) is 48.8 Å². The number of hydrogen-bond donors (Lipinski definition) is 3. The molecule has 0 radical (unpaired) electrons. The molecule has 1 unspecified atom stereocenters. The minimum Gasteiger partial charge on any atom is -0.440 e. The molecule has 3 N–H and O–H groups in total. The number of halogens is 1. The van der Waals surface area contributed by atoms with Crippen molar-refractivity contribution in [2.75, 3.05) is 18.4 Å². The maximum Gasteiger partial charge on any atom is 0.196 e. The Hall–Kier alpha value is -4.67. The largest absolute Gasteiger partial charge is 0.440 e. The Bertz CT molecular complexity index is 1750. The van der Waals surface area contributed by atoms with Gasteiger partial charge in [0.2, 0.25) is 0 Å². The van der Waals surface area contributed by atoms with Gasteiger partial charge in [-0.15, -0.1) is 0 Å². The third kappa shape index (κ3) is 6.24. The van der Waals surface area contributed by atoms with Gasteiger partial charge in [-0.25, -0.2) is 19.3 Å². The lowest BCUT2D eigenvalue weighted by Gasteiger charge is -2.10. The summed E-state index contributed by atoms with van der Waals surface area (Å²) in [7, 11) is 0. The molecule has 0 saturated carbocycles. The van der Waals surface area contributed by atoms with Crippen LogP contribution < -0.4 is 10.6 Å². The second-order valence-electron chi connectivity index (χ2n) is 9.73. The third-order valence-electron chi connectivity index (χ3n) is 6.85. The van der Waals surface area contributed by atoms with E-state index in [4.69, 9.17) is 9.40 Å². The first-order chi connectivity index (χ1) is 20.1. The van der Waals surface area contributed by atoms with Gasteiger partial charge in [-0.3, -0.25) is 4.98 Å². The van der Waals surface area contributed by atoms with Crippen LogP contribution in [0.25, 0.3) is 22.1 Å². The zero-order valence-corrected chi connectivity index (χ0v) is 22.4. The number of aromatic nitrogens is 5. The van der Waals surface area contributed by atoms with Crippen molar-refractivity contribution in [3.8, 4) is 0 Å². The number of nitrogens with zero attached hydrogens (tertiary/aromatic N) is 5. The molecule has 5 aromatic rings. The average molecular weight is 552 g/mol. The summed E-state index contributed by atoms with van der Waals surface area (Å²) < 4.78 is 22.1. The van der Waals surface area contributed by atoms with Gasteiger partial charge >= 0.3 is 0 Å². The molecular formula is C31H30FN7O2. The van der Waals surface area contributed by atoms with E-state index in [1.165, 1.54) is 6.07 Å². The van der Waals surface area contributed by atoms with Crippen LogP contribution >= 0.6 is 0 Å². The first-order valence-corrected chi connectivity index (χ1v) is 13.6. The molecule has 41 heavy (non-hydrogen) atoms. The minimum absolute atomic E-state index is 0.194. The standard InChI is InChI=1S/C31H30FN7O2/c32-23-7-4-15-34-25(23)19-36-31-30-27(12-18-35-31)41-29(38-30)14-17-33-16-13-28-37-24-8-1-2-9-26(24)39(28)20-21-5-3-6-22(40)11-10-21/h1-12,15,18,22,33,40H,13-14,16-17,19-20H2,(H,35,36). The Morgan fingerprint density at radius 2 is 1.88 bits per heavy atom. The number of allylic oxidation sites excluding steroid dienone is 4. The SMILES string of the molecule is OC1C=CC=C(Cn2c(CCNCCc3nc4c(NCc5ncccc5F)nccc4o3)nc3ccccc32)C=C1. The molecule has 0 aliphatic heterocycles. The Morgan fingerprint density at radius 3 is 2.80 bits per heavy atom. The molecule has 0 saturated heterocycles. The summed E-state index contributed by atoms with van der Waals surface area (Å²) in [6, 6.07) is 12.8. The quantitative estimate of drug-likeness (QED) is 0.206. The maximum absolute atomic E-state index is 13.9. The van der Waals surface area contributed by atoms with Crippen LogP contribution in [0.5, 0.6) is 0 Å². The van der Waals surface area contributed by atoms with Gasteiger partial charge in [0.1, 0.15) is 11.6 Å². The van der Waals surface area contributed by atoms with Crippen molar-refractivity contribution in [1.82, 2.24) is 29.8 Å². The van der Waals surface area contributed by atoms with Gasteiger partial charge in [-0.1, -0.05) is 42.5 Å². The predicted molar refractivity (Wildman–Crippen MR) is 156 cm³/mol. The summed E-state index contributed by atoms with van der Waals surface area (Å²) in [4.78, 5) is 17.9. The highest BCUT2D eigenvalue weighted by Crippen LogP contribution is 2.23. The minimum atomic E-state index is -0.566. The van der Waals surface area contributed by atoms with E-state index in [1.54, 1.807) is 36.7 Å². The Kier molecular flexibility index (Phi) is 7.92. The lowest BCUT2D eigenvalue weighted by atomic mass is 10.2. The fraction of sp³-hybridized carbons (Fsp3) is 0.226. The normalized spacial score (nSPS) is 15.0. The maximum atomic E-state index is 13.9. The van der Waals surface area contributed by atoms with E-state index in [9.17, 15) is 9.50 Å². The summed E-state index contributed by atoms with van der Waals surface area (Å²) in [6.07, 6.45) is 13.4. The molecule has 1 aromatic carbocycles. The number of imidazole rings is 1. The molecule has 0 bridgehead atoms. The molecule has 4 heterocycles. The molecule has 1 atom stereocenters. The van der Waals surface area contributed by atoms with E-state index in [0.717, 1.165) is 35.4 Å². The highest BCUT2D eigenvalue weighted by atomic mass is 19.1. The molecule has 9 nitrogen and oxygen atoms in total. The number of rotatable bonds is 11. The smallest absolute Gasteiger partial charge is 0.196 e. The van der Waals surface area contributed by atoms with Gasteiger partial charge in [0.15, 0.2) is 22.8 Å². The number of fused-ring (bicyclic) bond motifs is 2. The monoisotopic (exact) mass is 551 g/mol. The van der Waals surface area contributed by atoms with Crippen LogP contribution in [0.15, 0.2) is 95.2 Å². The van der Waals surface area contributed by atoms with Gasteiger partial charge in [0.25, 0.3) is 0 Å². The summed E-state index contributed by atoms with van der Waals surface area (Å²) in [5, 5.41) is 16.5. The Morgan fingerprint density at radius 1 is 0.976 bits per heavy atom. The van der Waals surface area contributed by atoms with E-state index < -0.39 is 6.10 Å². The number of oxazole rings is 1. The fourth-order valence-corrected chi connectivity index (χ4v) is 4.79. The van der Waals surface area contributed by atoms with Crippen LogP contribution in [0.2, 0.25) is 0 Å². The summed E-state index contributed by atoms with van der Waals surface area (Å²) in [6.45, 7) is 2.28. The molecule has 0 fully saturated rings. The Balaban J connectivity index is 1.07. The predicted octanol–water partition coefficient (Wildman–Crippen LogP) is 4.51. The van der Waals surface area contributed by atoms with Crippen molar-refractivity contribution >= 4 is 28.0 Å². The second kappa shape index (κ2) is 12.2. The summed E-state index contributed by atoms with van der Waals surface area (Å²) in [5.74, 6) is 1.75. The summed E-state index contributed by atoms with van der Waals surface area (Å²) >= 11 is 0. The topological polar surface area (TPSA) is 114 Å². The van der Waals surface area contributed by atoms with Gasteiger partial charge in [0, 0.05) is 50.9 Å². The highest BCUT2D eigenvalue weighted by molar-refractivity contribution is 5.83. The first-order valence-electron chi connectivity index (χ1n) is 13.6. The number of benzene rings is 1. The van der Waals surface area contributed by atoms with Crippen LogP contribution in [0.3, 0.4) is 0 Å². The molecular weight excluding hydrogens is 521 g/mol. The number of para-hydroxylation sites is 2. The van der Waals surface area contributed by atoms with Crippen molar-refractivity contribution in [3.63, 3.8) is 0 Å². The molecule has 10 heteroatoms. The van der Waals surface area contributed by atoms with Gasteiger partial charge in [-0.2, -0.15) is 0 Å². The number of hydrogen-bond acceptors (Lipinski definition) is 8.